The van der Waals surface area contributed by atoms with Gasteiger partial charge in [-0.25, -0.2) is 4.57 Å². The number of hydrogen-bond donors (Lipinski definition) is 2. The van der Waals surface area contributed by atoms with Gasteiger partial charge in [-0.1, -0.05) is 72.8 Å². The maximum Gasteiger partial charge on any atom is 0.524 e. The zero-order valence-electron chi connectivity index (χ0n) is 14.1. The number of nitrogens with zero attached hydrogens (tertiary/aromatic N) is 1. The molecule has 0 aliphatic carbocycles. The first-order valence-electron chi connectivity index (χ1n) is 8.18. The van der Waals surface area contributed by atoms with Crippen molar-refractivity contribution in [3.05, 3.63) is 96.1 Å². The summed E-state index contributed by atoms with van der Waals surface area (Å²) >= 11 is 0. The molecule has 0 unspecified atom stereocenters. The lowest BCUT2D eigenvalue weighted by molar-refractivity contribution is 0.283. The van der Waals surface area contributed by atoms with Crippen LogP contribution in [0.2, 0.25) is 0 Å². The van der Waals surface area contributed by atoms with Gasteiger partial charge in [0, 0.05) is 13.1 Å². The van der Waals surface area contributed by atoms with E-state index in [0.29, 0.717) is 18.8 Å². The Kier molecular flexibility index (Phi) is 5.74. The summed E-state index contributed by atoms with van der Waals surface area (Å²) in [6.07, 6.45) is 0. The molecule has 0 aliphatic heterocycles. The molecule has 0 bridgehead atoms. The summed E-state index contributed by atoms with van der Waals surface area (Å²) in [7, 11) is -4.65. The number of phosphoric ester groups is 1. The topological polar surface area (TPSA) is 70.0 Å². The van der Waals surface area contributed by atoms with Crippen molar-refractivity contribution in [2.45, 2.75) is 13.1 Å². The lowest BCUT2D eigenvalue weighted by Gasteiger charge is -2.27. The Bertz CT molecular complexity index is 839. The minimum atomic E-state index is -4.65. The first-order chi connectivity index (χ1) is 12.5. The van der Waals surface area contributed by atoms with Gasteiger partial charge in [0.1, 0.15) is 0 Å². The molecule has 6 heteroatoms. The van der Waals surface area contributed by atoms with Crippen LogP contribution in [-0.4, -0.2) is 9.79 Å². The second-order valence-corrected chi connectivity index (χ2v) is 7.04. The van der Waals surface area contributed by atoms with Gasteiger partial charge in [-0.05, 0) is 23.3 Å². The molecule has 0 aliphatic rings. The van der Waals surface area contributed by atoms with Crippen LogP contribution in [0.1, 0.15) is 11.1 Å². The fourth-order valence-corrected chi connectivity index (χ4v) is 3.17. The molecular weight excluding hydrogens is 349 g/mol. The highest BCUT2D eigenvalue weighted by Crippen LogP contribution is 2.42. The molecule has 0 amide bonds. The third-order valence-corrected chi connectivity index (χ3v) is 4.29. The fraction of sp³-hybridized carbons (Fsp3) is 0.100. The fourth-order valence-electron chi connectivity index (χ4n) is 2.76. The maximum atomic E-state index is 11.3. The van der Waals surface area contributed by atoms with Crippen LogP contribution in [-0.2, 0) is 17.7 Å². The standard InChI is InChI=1S/C20H20NO4P/c22-26(23,24)25-20-14-8-7-13-19(20)21(15-17-9-3-1-4-10-17)16-18-11-5-2-6-12-18/h1-14H,15-16H2,(H2,22,23,24). The van der Waals surface area contributed by atoms with Gasteiger partial charge in [0.05, 0.1) is 5.69 Å². The van der Waals surface area contributed by atoms with Gasteiger partial charge in [0.2, 0.25) is 0 Å². The van der Waals surface area contributed by atoms with E-state index in [1.807, 2.05) is 71.6 Å². The summed E-state index contributed by atoms with van der Waals surface area (Å²) in [5, 5.41) is 0. The van der Waals surface area contributed by atoms with Gasteiger partial charge in [-0.15, -0.1) is 0 Å². The van der Waals surface area contributed by atoms with E-state index in [1.165, 1.54) is 0 Å². The number of phosphoric acid groups is 1. The van der Waals surface area contributed by atoms with E-state index in [2.05, 4.69) is 0 Å². The number of rotatable bonds is 7. The molecule has 3 aromatic carbocycles. The Balaban J connectivity index is 1.96. The normalized spacial score (nSPS) is 11.2. The predicted molar refractivity (Wildman–Crippen MR) is 102 cm³/mol. The van der Waals surface area contributed by atoms with Crippen molar-refractivity contribution in [3.63, 3.8) is 0 Å². The molecule has 0 saturated heterocycles. The summed E-state index contributed by atoms with van der Waals surface area (Å²) in [4.78, 5) is 20.5. The summed E-state index contributed by atoms with van der Waals surface area (Å²) in [6.45, 7) is 1.16. The van der Waals surface area contributed by atoms with Gasteiger partial charge in [-0.3, -0.25) is 9.79 Å². The molecule has 3 aromatic rings. The molecule has 0 fully saturated rings. The first-order valence-corrected chi connectivity index (χ1v) is 9.71. The molecular formula is C20H20NO4P. The van der Waals surface area contributed by atoms with Crippen molar-refractivity contribution in [2.24, 2.45) is 0 Å². The molecule has 26 heavy (non-hydrogen) atoms. The van der Waals surface area contributed by atoms with Crippen LogP contribution in [0.15, 0.2) is 84.9 Å². The molecule has 0 atom stereocenters. The largest absolute Gasteiger partial charge is 0.524 e. The molecule has 0 spiro atoms. The van der Waals surface area contributed by atoms with Crippen molar-refractivity contribution < 1.29 is 18.9 Å². The van der Waals surface area contributed by atoms with Gasteiger partial charge in [0.15, 0.2) is 5.75 Å². The van der Waals surface area contributed by atoms with E-state index in [4.69, 9.17) is 4.52 Å². The highest BCUT2D eigenvalue weighted by molar-refractivity contribution is 7.46. The van der Waals surface area contributed by atoms with Crippen molar-refractivity contribution in [3.8, 4) is 5.75 Å². The van der Waals surface area contributed by atoms with Crippen LogP contribution < -0.4 is 9.42 Å². The maximum absolute atomic E-state index is 11.3. The monoisotopic (exact) mass is 369 g/mol. The van der Waals surface area contributed by atoms with E-state index in [1.54, 1.807) is 18.2 Å². The number of hydrogen-bond acceptors (Lipinski definition) is 3. The summed E-state index contributed by atoms with van der Waals surface area (Å²) in [5.41, 5.74) is 2.81. The molecule has 2 N–H and O–H groups in total. The lowest BCUT2D eigenvalue weighted by atomic mass is 10.1. The zero-order valence-corrected chi connectivity index (χ0v) is 15.0. The van der Waals surface area contributed by atoms with Gasteiger partial charge < -0.3 is 9.42 Å². The predicted octanol–water partition coefficient (Wildman–Crippen LogP) is 4.36. The second kappa shape index (κ2) is 8.19. The highest BCUT2D eigenvalue weighted by atomic mass is 31.2. The number of para-hydroxylation sites is 2. The van der Waals surface area contributed by atoms with Gasteiger partial charge in [0.25, 0.3) is 0 Å². The van der Waals surface area contributed by atoms with E-state index < -0.39 is 7.82 Å². The minimum absolute atomic E-state index is 0.160. The molecule has 0 radical (unpaired) electrons. The Hall–Kier alpha value is -2.59. The Labute approximate surface area is 152 Å². The van der Waals surface area contributed by atoms with Crippen LogP contribution in [0.4, 0.5) is 5.69 Å². The number of benzene rings is 3. The van der Waals surface area contributed by atoms with Crippen molar-refractivity contribution in [2.75, 3.05) is 4.90 Å². The van der Waals surface area contributed by atoms with Crippen molar-refractivity contribution in [1.82, 2.24) is 0 Å². The van der Waals surface area contributed by atoms with Crippen molar-refractivity contribution in [1.29, 1.82) is 0 Å². The quantitative estimate of drug-likeness (QED) is 0.606. The van der Waals surface area contributed by atoms with Crippen LogP contribution in [0.25, 0.3) is 0 Å². The SMILES string of the molecule is O=P(O)(O)Oc1ccccc1N(Cc1ccccc1)Cc1ccccc1. The van der Waals surface area contributed by atoms with Gasteiger partial charge in [-0.2, -0.15) is 0 Å². The smallest absolute Gasteiger partial charge is 0.402 e. The molecule has 0 heterocycles. The summed E-state index contributed by atoms with van der Waals surface area (Å²) in [6, 6.07) is 26.7. The third kappa shape index (κ3) is 5.20. The van der Waals surface area contributed by atoms with Crippen LogP contribution in [0.5, 0.6) is 5.75 Å². The second-order valence-electron chi connectivity index (χ2n) is 5.88. The Morgan fingerprint density at radius 1 is 0.731 bits per heavy atom. The van der Waals surface area contributed by atoms with E-state index in [0.717, 1.165) is 11.1 Å². The average Bonchev–Trinajstić information content (AvgIpc) is 2.62. The van der Waals surface area contributed by atoms with Crippen LogP contribution >= 0.6 is 7.82 Å². The highest BCUT2D eigenvalue weighted by Gasteiger charge is 2.21. The van der Waals surface area contributed by atoms with Gasteiger partial charge >= 0.3 is 7.82 Å². The first kappa shape index (κ1) is 18.2. The molecule has 0 saturated carbocycles. The zero-order chi connectivity index (χ0) is 18.4. The van der Waals surface area contributed by atoms with Crippen LogP contribution in [0.3, 0.4) is 0 Å². The molecule has 134 valence electrons. The summed E-state index contributed by atoms with van der Waals surface area (Å²) in [5.74, 6) is 0.160. The Morgan fingerprint density at radius 3 is 1.69 bits per heavy atom. The average molecular weight is 369 g/mol. The summed E-state index contributed by atoms with van der Waals surface area (Å²) < 4.78 is 16.3. The molecule has 0 aromatic heterocycles. The van der Waals surface area contributed by atoms with E-state index in [-0.39, 0.29) is 5.75 Å². The van der Waals surface area contributed by atoms with E-state index >= 15 is 0 Å². The third-order valence-electron chi connectivity index (χ3n) is 3.86. The molecule has 5 nitrogen and oxygen atoms in total. The Morgan fingerprint density at radius 2 is 1.19 bits per heavy atom. The van der Waals surface area contributed by atoms with Crippen LogP contribution in [0, 0.1) is 0 Å². The van der Waals surface area contributed by atoms with E-state index in [9.17, 15) is 14.4 Å². The minimum Gasteiger partial charge on any atom is -0.402 e. The lowest BCUT2D eigenvalue weighted by Crippen LogP contribution is -2.22. The van der Waals surface area contributed by atoms with Crippen molar-refractivity contribution >= 4 is 13.5 Å². The molecule has 3 rings (SSSR count). The number of anilines is 1.